The van der Waals surface area contributed by atoms with Gasteiger partial charge in [-0.3, -0.25) is 4.79 Å². The lowest BCUT2D eigenvalue weighted by Gasteiger charge is -2.24. The Morgan fingerprint density at radius 2 is 1.78 bits per heavy atom. The van der Waals surface area contributed by atoms with Gasteiger partial charge in [0.25, 0.3) is 0 Å². The van der Waals surface area contributed by atoms with E-state index in [1.54, 1.807) is 19.1 Å². The van der Waals surface area contributed by atoms with Crippen molar-refractivity contribution in [1.29, 1.82) is 0 Å². The molecule has 0 atom stereocenters. The molecule has 5 nitrogen and oxygen atoms in total. The number of nitrogens with zero attached hydrogens (tertiary/aromatic N) is 1. The van der Waals surface area contributed by atoms with Crippen LogP contribution in [0.1, 0.15) is 19.4 Å². The summed E-state index contributed by atoms with van der Waals surface area (Å²) >= 11 is 5.78. The minimum absolute atomic E-state index is 0.0415. The van der Waals surface area contributed by atoms with Crippen molar-refractivity contribution in [3.05, 3.63) is 53.2 Å². The molecule has 2 aromatic rings. The van der Waals surface area contributed by atoms with Gasteiger partial charge in [0.05, 0.1) is 4.90 Å². The summed E-state index contributed by atoms with van der Waals surface area (Å²) < 4.78 is 23.9. The van der Waals surface area contributed by atoms with Gasteiger partial charge < -0.3 is 5.32 Å². The first-order valence-electron chi connectivity index (χ1n) is 6.89. The van der Waals surface area contributed by atoms with Gasteiger partial charge in [-0.1, -0.05) is 17.7 Å². The van der Waals surface area contributed by atoms with E-state index in [0.717, 1.165) is 5.56 Å². The molecule has 7 heteroatoms. The van der Waals surface area contributed by atoms with Crippen LogP contribution >= 0.6 is 11.6 Å². The molecule has 0 aliphatic heterocycles. The van der Waals surface area contributed by atoms with Gasteiger partial charge in [0.2, 0.25) is 5.91 Å². The highest BCUT2D eigenvalue weighted by Gasteiger charge is 2.43. The molecule has 0 bridgehead atoms. The number of amides is 1. The van der Waals surface area contributed by atoms with Crippen LogP contribution in [0.15, 0.2) is 47.5 Å². The number of aryl methyl sites for hydroxylation is 1. The molecule has 0 aliphatic carbocycles. The molecule has 1 aromatic heterocycles. The molecule has 0 aliphatic rings. The number of benzene rings is 1. The zero-order valence-electron chi connectivity index (χ0n) is 13.0. The second-order valence-corrected chi connectivity index (χ2v) is 8.53. The number of rotatable bonds is 4. The number of hydrogen-bond donors (Lipinski definition) is 1. The Morgan fingerprint density at radius 1 is 1.17 bits per heavy atom. The average Bonchev–Trinajstić information content (AvgIpc) is 2.49. The van der Waals surface area contributed by atoms with Crippen molar-refractivity contribution in [3.63, 3.8) is 0 Å². The SMILES string of the molecule is Cc1cccnc1NC(=O)C(C)(C)S(=O)(=O)c1ccc(Cl)cc1. The largest absolute Gasteiger partial charge is 0.309 e. The van der Waals surface area contributed by atoms with Crippen LogP contribution in [0.2, 0.25) is 5.02 Å². The first-order chi connectivity index (χ1) is 10.7. The number of anilines is 1. The molecule has 0 unspecified atom stereocenters. The Morgan fingerprint density at radius 3 is 2.35 bits per heavy atom. The molecule has 0 radical (unpaired) electrons. The van der Waals surface area contributed by atoms with Crippen molar-refractivity contribution in [2.75, 3.05) is 5.32 Å². The molecule has 2 rings (SSSR count). The molecule has 0 spiro atoms. The second-order valence-electron chi connectivity index (χ2n) is 5.59. The van der Waals surface area contributed by atoms with E-state index in [1.165, 1.54) is 44.3 Å². The van der Waals surface area contributed by atoms with E-state index in [4.69, 9.17) is 11.6 Å². The third-order valence-electron chi connectivity index (χ3n) is 3.58. The van der Waals surface area contributed by atoms with E-state index in [-0.39, 0.29) is 4.90 Å². The summed E-state index contributed by atoms with van der Waals surface area (Å²) in [6.45, 7) is 4.51. The fourth-order valence-corrected chi connectivity index (χ4v) is 3.41. The highest BCUT2D eigenvalue weighted by molar-refractivity contribution is 7.93. The lowest BCUT2D eigenvalue weighted by molar-refractivity contribution is -0.117. The Balaban J connectivity index is 2.34. The van der Waals surface area contributed by atoms with E-state index in [0.29, 0.717) is 10.8 Å². The monoisotopic (exact) mass is 352 g/mol. The summed E-state index contributed by atoms with van der Waals surface area (Å²) in [5, 5.41) is 3.01. The lowest BCUT2D eigenvalue weighted by atomic mass is 10.2. The van der Waals surface area contributed by atoms with Gasteiger partial charge in [-0.2, -0.15) is 0 Å². The maximum Gasteiger partial charge on any atom is 0.246 e. The molecule has 1 aromatic carbocycles. The molecule has 1 amide bonds. The van der Waals surface area contributed by atoms with E-state index in [2.05, 4.69) is 10.3 Å². The Labute approximate surface area is 140 Å². The van der Waals surface area contributed by atoms with Gasteiger partial charge in [-0.15, -0.1) is 0 Å². The molecule has 23 heavy (non-hydrogen) atoms. The molecule has 0 fully saturated rings. The first kappa shape index (κ1) is 17.4. The molecule has 122 valence electrons. The molecule has 1 N–H and O–H groups in total. The van der Waals surface area contributed by atoms with Crippen LogP contribution in [0.25, 0.3) is 0 Å². The number of aromatic nitrogens is 1. The summed E-state index contributed by atoms with van der Waals surface area (Å²) in [7, 11) is -3.89. The van der Waals surface area contributed by atoms with Crippen LogP contribution in [-0.4, -0.2) is 24.1 Å². The predicted molar refractivity (Wildman–Crippen MR) is 90.3 cm³/mol. The van der Waals surface area contributed by atoms with E-state index < -0.39 is 20.5 Å². The first-order valence-corrected chi connectivity index (χ1v) is 8.75. The van der Waals surface area contributed by atoms with Crippen LogP contribution in [0.3, 0.4) is 0 Å². The van der Waals surface area contributed by atoms with Crippen molar-refractivity contribution in [2.45, 2.75) is 30.4 Å². The third-order valence-corrected chi connectivity index (χ3v) is 6.26. The van der Waals surface area contributed by atoms with E-state index in [1.807, 2.05) is 0 Å². The molecular formula is C16H17ClN2O3S. The Hall–Kier alpha value is -1.92. The van der Waals surface area contributed by atoms with Crippen LogP contribution in [-0.2, 0) is 14.6 Å². The number of carbonyl (C=O) groups is 1. The summed E-state index contributed by atoms with van der Waals surface area (Å²) in [6.07, 6.45) is 1.53. The summed E-state index contributed by atoms with van der Waals surface area (Å²) in [4.78, 5) is 16.6. The number of carbonyl (C=O) groups excluding carboxylic acids is 1. The maximum absolute atomic E-state index is 12.8. The van der Waals surface area contributed by atoms with Crippen molar-refractivity contribution < 1.29 is 13.2 Å². The fraction of sp³-hybridized carbons (Fsp3) is 0.250. The Bertz CT molecular complexity index is 831. The predicted octanol–water partition coefficient (Wildman–Crippen LogP) is 3.23. The number of halogens is 1. The Kier molecular flexibility index (Phi) is 4.77. The van der Waals surface area contributed by atoms with Gasteiger partial charge in [0.15, 0.2) is 9.84 Å². The van der Waals surface area contributed by atoms with Gasteiger partial charge >= 0.3 is 0 Å². The minimum atomic E-state index is -3.89. The highest BCUT2D eigenvalue weighted by atomic mass is 35.5. The number of nitrogens with one attached hydrogen (secondary N) is 1. The zero-order valence-corrected chi connectivity index (χ0v) is 14.6. The lowest BCUT2D eigenvalue weighted by Crippen LogP contribution is -2.44. The van der Waals surface area contributed by atoms with Crippen molar-refractivity contribution >= 4 is 33.2 Å². The maximum atomic E-state index is 12.8. The van der Waals surface area contributed by atoms with Gasteiger partial charge in [-0.25, -0.2) is 13.4 Å². The zero-order chi connectivity index (χ0) is 17.3. The van der Waals surface area contributed by atoms with Crippen LogP contribution in [0.5, 0.6) is 0 Å². The quantitative estimate of drug-likeness (QED) is 0.916. The minimum Gasteiger partial charge on any atom is -0.309 e. The standard InChI is InChI=1S/C16H17ClN2O3S/c1-11-5-4-10-18-14(11)19-15(20)16(2,3)23(21,22)13-8-6-12(17)7-9-13/h4-10H,1-3H3,(H,18,19,20). The third kappa shape index (κ3) is 3.38. The average molecular weight is 353 g/mol. The van der Waals surface area contributed by atoms with E-state index >= 15 is 0 Å². The molecular weight excluding hydrogens is 336 g/mol. The van der Waals surface area contributed by atoms with Crippen molar-refractivity contribution in [3.8, 4) is 0 Å². The smallest absolute Gasteiger partial charge is 0.246 e. The summed E-state index contributed by atoms with van der Waals surface area (Å²) in [5.41, 5.74) is 0.751. The summed E-state index contributed by atoms with van der Waals surface area (Å²) in [6, 6.07) is 9.25. The highest BCUT2D eigenvalue weighted by Crippen LogP contribution is 2.28. The molecule has 0 saturated heterocycles. The molecule has 0 saturated carbocycles. The number of hydrogen-bond acceptors (Lipinski definition) is 4. The van der Waals surface area contributed by atoms with Crippen LogP contribution in [0, 0.1) is 6.92 Å². The topological polar surface area (TPSA) is 76.1 Å². The second kappa shape index (κ2) is 6.29. The number of pyridine rings is 1. The fourth-order valence-electron chi connectivity index (χ4n) is 1.91. The summed E-state index contributed by atoms with van der Waals surface area (Å²) in [5.74, 6) is -0.300. The number of sulfone groups is 1. The molecule has 1 heterocycles. The van der Waals surface area contributed by atoms with Gasteiger partial charge in [0, 0.05) is 11.2 Å². The van der Waals surface area contributed by atoms with Gasteiger partial charge in [0.1, 0.15) is 10.6 Å². The van der Waals surface area contributed by atoms with Crippen molar-refractivity contribution in [1.82, 2.24) is 4.98 Å². The van der Waals surface area contributed by atoms with Crippen molar-refractivity contribution in [2.24, 2.45) is 0 Å². The van der Waals surface area contributed by atoms with E-state index in [9.17, 15) is 13.2 Å². The van der Waals surface area contributed by atoms with Crippen LogP contribution < -0.4 is 5.32 Å². The normalized spacial score (nSPS) is 12.0. The van der Waals surface area contributed by atoms with Gasteiger partial charge in [-0.05, 0) is 56.7 Å². The van der Waals surface area contributed by atoms with Crippen LogP contribution in [0.4, 0.5) is 5.82 Å².